The van der Waals surface area contributed by atoms with Crippen molar-refractivity contribution in [2.45, 2.75) is 51.7 Å². The van der Waals surface area contributed by atoms with Crippen LogP contribution in [0.15, 0.2) is 4.99 Å². The minimum absolute atomic E-state index is 0. The number of nitrogens with zero attached hydrogens (tertiary/aromatic N) is 4. The van der Waals surface area contributed by atoms with Crippen molar-refractivity contribution >= 4 is 35.8 Å². The van der Waals surface area contributed by atoms with Crippen LogP contribution in [0.1, 0.15) is 40.0 Å². The van der Waals surface area contributed by atoms with Gasteiger partial charge < -0.3 is 19.9 Å². The molecule has 0 spiro atoms. The second kappa shape index (κ2) is 9.47. The van der Waals surface area contributed by atoms with Crippen molar-refractivity contribution in [3.05, 3.63) is 0 Å². The van der Waals surface area contributed by atoms with Crippen molar-refractivity contribution in [2.75, 3.05) is 60.0 Å². The number of rotatable bonds is 4. The smallest absolute Gasteiger partial charge is 0.236 e. The molecule has 3 fully saturated rings. The molecule has 7 nitrogen and oxygen atoms in total. The van der Waals surface area contributed by atoms with E-state index >= 15 is 0 Å². The minimum Gasteiger partial charge on any atom is -0.378 e. The molecule has 1 saturated carbocycles. The highest BCUT2D eigenvalue weighted by atomic mass is 127. The summed E-state index contributed by atoms with van der Waals surface area (Å²) >= 11 is 0. The summed E-state index contributed by atoms with van der Waals surface area (Å²) in [6.07, 6.45) is 3.29. The number of likely N-dealkylation sites (tertiary alicyclic amines) is 1. The summed E-state index contributed by atoms with van der Waals surface area (Å²) in [6, 6.07) is 0.357. The molecule has 0 bridgehead atoms. The second-order valence-corrected chi connectivity index (χ2v) is 8.96. The van der Waals surface area contributed by atoms with Gasteiger partial charge in [-0.3, -0.25) is 14.7 Å². The quantitative estimate of drug-likeness (QED) is 0.356. The number of hydrogen-bond donors (Lipinski definition) is 1. The van der Waals surface area contributed by atoms with E-state index in [2.05, 4.69) is 40.9 Å². The number of hydrogen-bond acceptors (Lipinski definition) is 4. The van der Waals surface area contributed by atoms with Crippen molar-refractivity contribution in [3.8, 4) is 0 Å². The molecule has 1 amide bonds. The zero-order valence-electron chi connectivity index (χ0n) is 18.2. The fraction of sp³-hybridized carbons (Fsp3) is 0.900. The van der Waals surface area contributed by atoms with Crippen LogP contribution in [0.2, 0.25) is 0 Å². The van der Waals surface area contributed by atoms with Gasteiger partial charge in [-0.2, -0.15) is 0 Å². The van der Waals surface area contributed by atoms with Gasteiger partial charge in [0.1, 0.15) is 0 Å². The molecular formula is C20H38IN5O2. The maximum Gasteiger partial charge on any atom is 0.236 e. The monoisotopic (exact) mass is 507 g/mol. The lowest BCUT2D eigenvalue weighted by atomic mass is 9.56. The second-order valence-electron chi connectivity index (χ2n) is 8.96. The van der Waals surface area contributed by atoms with Crippen LogP contribution in [-0.4, -0.2) is 98.2 Å². The van der Waals surface area contributed by atoms with Gasteiger partial charge in [-0.05, 0) is 26.2 Å². The number of nitrogens with one attached hydrogen (secondary N) is 1. The lowest BCUT2D eigenvalue weighted by Crippen LogP contribution is -2.70. The molecular weight excluding hydrogens is 469 g/mol. The molecule has 2 aliphatic heterocycles. The summed E-state index contributed by atoms with van der Waals surface area (Å²) in [5.41, 5.74) is -0.0280. The van der Waals surface area contributed by atoms with Gasteiger partial charge in [-0.1, -0.05) is 13.8 Å². The standard InChI is InChI=1S/C20H37N5O2.HI/c1-19(2)16(14-20(19,3)27-5)22-18(21-4)25-12-10-23(11-13-25)15-17(26)24-8-6-7-9-24;/h16H,6-15H2,1-5H3,(H,21,22);1H. The predicted octanol–water partition coefficient (Wildman–Crippen LogP) is 1.62. The van der Waals surface area contributed by atoms with Gasteiger partial charge in [0.05, 0.1) is 12.1 Å². The first-order chi connectivity index (χ1) is 12.8. The summed E-state index contributed by atoms with van der Waals surface area (Å²) < 4.78 is 5.74. The summed E-state index contributed by atoms with van der Waals surface area (Å²) in [4.78, 5) is 23.5. The summed E-state index contributed by atoms with van der Waals surface area (Å²) in [5.74, 6) is 1.26. The number of piperazine rings is 1. The molecule has 0 aromatic heterocycles. The average Bonchev–Trinajstić information content (AvgIpc) is 3.20. The van der Waals surface area contributed by atoms with E-state index in [0.717, 1.165) is 64.5 Å². The van der Waals surface area contributed by atoms with Gasteiger partial charge in [-0.15, -0.1) is 24.0 Å². The first kappa shape index (κ1) is 23.7. The van der Waals surface area contributed by atoms with Gasteiger partial charge in [-0.25, -0.2) is 0 Å². The Kier molecular flexibility index (Phi) is 8.00. The molecule has 1 N–H and O–H groups in total. The fourth-order valence-corrected chi connectivity index (χ4v) is 4.55. The van der Waals surface area contributed by atoms with E-state index in [1.165, 1.54) is 0 Å². The molecule has 2 unspecified atom stereocenters. The van der Waals surface area contributed by atoms with Crippen molar-refractivity contribution in [1.29, 1.82) is 0 Å². The number of methoxy groups -OCH3 is 1. The first-order valence-corrected chi connectivity index (χ1v) is 10.3. The fourth-order valence-electron chi connectivity index (χ4n) is 4.55. The number of carbonyl (C=O) groups is 1. The van der Waals surface area contributed by atoms with Crippen LogP contribution in [0, 0.1) is 5.41 Å². The number of guanidine groups is 1. The highest BCUT2D eigenvalue weighted by Gasteiger charge is 2.58. The number of aliphatic imine (C=N–C) groups is 1. The first-order valence-electron chi connectivity index (χ1n) is 10.3. The van der Waals surface area contributed by atoms with Crippen LogP contribution in [0.25, 0.3) is 0 Å². The molecule has 0 aromatic carbocycles. The molecule has 0 radical (unpaired) electrons. The van der Waals surface area contributed by atoms with Gasteiger partial charge in [0.2, 0.25) is 5.91 Å². The Hall–Kier alpha value is -0.610. The minimum atomic E-state index is -0.0852. The van der Waals surface area contributed by atoms with Crippen molar-refractivity contribution in [2.24, 2.45) is 10.4 Å². The SMILES string of the molecule is CN=C(NC1CC(C)(OC)C1(C)C)N1CCN(CC(=O)N2CCCC2)CC1.I. The molecule has 28 heavy (non-hydrogen) atoms. The van der Waals surface area contributed by atoms with Gasteiger partial charge in [0.15, 0.2) is 5.96 Å². The maximum atomic E-state index is 12.4. The van der Waals surface area contributed by atoms with Crippen LogP contribution in [0.3, 0.4) is 0 Å². The van der Waals surface area contributed by atoms with Crippen LogP contribution in [0.5, 0.6) is 0 Å². The topological polar surface area (TPSA) is 60.4 Å². The number of amides is 1. The van der Waals surface area contributed by atoms with E-state index in [0.29, 0.717) is 18.5 Å². The highest BCUT2D eigenvalue weighted by Crippen LogP contribution is 2.51. The molecule has 0 aromatic rings. The Morgan fingerprint density at radius 1 is 1.07 bits per heavy atom. The molecule has 2 saturated heterocycles. The van der Waals surface area contributed by atoms with Crippen molar-refractivity contribution in [3.63, 3.8) is 0 Å². The largest absolute Gasteiger partial charge is 0.378 e. The van der Waals surface area contributed by atoms with Gasteiger partial charge >= 0.3 is 0 Å². The molecule has 2 atom stereocenters. The van der Waals surface area contributed by atoms with Gasteiger partial charge in [0, 0.05) is 64.9 Å². The molecule has 8 heteroatoms. The molecule has 3 rings (SSSR count). The van der Waals surface area contributed by atoms with E-state index in [-0.39, 0.29) is 35.0 Å². The Balaban J connectivity index is 0.00000280. The summed E-state index contributed by atoms with van der Waals surface area (Å²) in [5, 5.41) is 3.66. The number of halogens is 1. The Morgan fingerprint density at radius 3 is 2.18 bits per heavy atom. The maximum absolute atomic E-state index is 12.4. The molecule has 2 heterocycles. The molecule has 1 aliphatic carbocycles. The Bertz CT molecular complexity index is 571. The van der Waals surface area contributed by atoms with E-state index in [4.69, 9.17) is 4.74 Å². The zero-order chi connectivity index (χ0) is 19.7. The third kappa shape index (κ3) is 4.59. The van der Waals surface area contributed by atoms with Crippen LogP contribution in [-0.2, 0) is 9.53 Å². The van der Waals surface area contributed by atoms with E-state index in [1.54, 1.807) is 7.11 Å². The van der Waals surface area contributed by atoms with Crippen LogP contribution in [0.4, 0.5) is 0 Å². The number of ether oxygens (including phenoxy) is 1. The lowest BCUT2D eigenvalue weighted by molar-refractivity contribution is -0.177. The normalized spacial score (nSPS) is 30.6. The molecule has 162 valence electrons. The summed E-state index contributed by atoms with van der Waals surface area (Å²) in [6.45, 7) is 12.8. The van der Waals surface area contributed by atoms with Crippen molar-refractivity contribution in [1.82, 2.24) is 20.0 Å². The van der Waals surface area contributed by atoms with Gasteiger partial charge in [0.25, 0.3) is 0 Å². The lowest BCUT2D eigenvalue weighted by Gasteiger charge is -2.59. The zero-order valence-corrected chi connectivity index (χ0v) is 20.5. The van der Waals surface area contributed by atoms with E-state index in [1.807, 2.05) is 11.9 Å². The van der Waals surface area contributed by atoms with Crippen molar-refractivity contribution < 1.29 is 9.53 Å². The third-order valence-electron chi connectivity index (χ3n) is 7.28. The van der Waals surface area contributed by atoms with E-state index in [9.17, 15) is 4.79 Å². The third-order valence-corrected chi connectivity index (χ3v) is 7.28. The van der Waals surface area contributed by atoms with Crippen LogP contribution >= 0.6 is 24.0 Å². The average molecular weight is 507 g/mol. The molecule has 3 aliphatic rings. The van der Waals surface area contributed by atoms with Crippen LogP contribution < -0.4 is 5.32 Å². The summed E-state index contributed by atoms with van der Waals surface area (Å²) in [7, 11) is 3.66. The predicted molar refractivity (Wildman–Crippen MR) is 123 cm³/mol. The Morgan fingerprint density at radius 2 is 1.68 bits per heavy atom. The Labute approximate surface area is 187 Å². The highest BCUT2D eigenvalue weighted by molar-refractivity contribution is 14.0. The number of carbonyl (C=O) groups excluding carboxylic acids is 1. The van der Waals surface area contributed by atoms with E-state index < -0.39 is 0 Å².